The molecular formula is C27H29F5N2O4. The number of benzene rings is 2. The van der Waals surface area contributed by atoms with E-state index in [2.05, 4.69) is 17.1 Å². The van der Waals surface area contributed by atoms with Crippen molar-refractivity contribution in [1.29, 1.82) is 0 Å². The van der Waals surface area contributed by atoms with E-state index >= 15 is 0 Å². The number of ketones is 1. The van der Waals surface area contributed by atoms with Crippen LogP contribution in [-0.2, 0) is 9.59 Å². The minimum atomic E-state index is -5.08. The van der Waals surface area contributed by atoms with Crippen molar-refractivity contribution in [2.45, 2.75) is 38.3 Å². The zero-order chi connectivity index (χ0) is 28.1. The van der Waals surface area contributed by atoms with Crippen molar-refractivity contribution in [2.75, 3.05) is 26.2 Å². The van der Waals surface area contributed by atoms with Crippen molar-refractivity contribution in [1.82, 2.24) is 10.2 Å². The van der Waals surface area contributed by atoms with Crippen LogP contribution in [0.3, 0.4) is 0 Å². The Morgan fingerprint density at radius 3 is 2.03 bits per heavy atom. The molecule has 0 radical (unpaired) electrons. The Balaban J connectivity index is 0.000000505. The molecule has 6 nitrogen and oxygen atoms in total. The van der Waals surface area contributed by atoms with Gasteiger partial charge in [-0.1, -0.05) is 19.1 Å². The molecule has 2 fully saturated rings. The molecule has 2 aromatic rings. The van der Waals surface area contributed by atoms with Gasteiger partial charge in [0.1, 0.15) is 11.6 Å². The van der Waals surface area contributed by atoms with Crippen LogP contribution >= 0.6 is 0 Å². The first-order valence-electron chi connectivity index (χ1n) is 12.2. The molecule has 0 aliphatic carbocycles. The van der Waals surface area contributed by atoms with Crippen LogP contribution in [-0.4, -0.2) is 60.0 Å². The number of carboxylic acid groups (broad SMARTS) is 1. The Hall–Kier alpha value is -3.34. The summed E-state index contributed by atoms with van der Waals surface area (Å²) in [6.45, 7) is 5.01. The van der Waals surface area contributed by atoms with E-state index in [1.165, 1.54) is 36.4 Å². The lowest BCUT2D eigenvalue weighted by molar-refractivity contribution is -0.192. The summed E-state index contributed by atoms with van der Waals surface area (Å²) >= 11 is 0. The summed E-state index contributed by atoms with van der Waals surface area (Å²) in [5, 5.41) is 10.1. The predicted octanol–water partition coefficient (Wildman–Crippen LogP) is 4.80. The van der Waals surface area contributed by atoms with Crippen LogP contribution in [0.15, 0.2) is 48.5 Å². The lowest BCUT2D eigenvalue weighted by atomic mass is 9.68. The molecule has 0 bridgehead atoms. The van der Waals surface area contributed by atoms with Gasteiger partial charge in [0.15, 0.2) is 5.78 Å². The van der Waals surface area contributed by atoms with Gasteiger partial charge in [0.25, 0.3) is 0 Å². The fourth-order valence-electron chi connectivity index (χ4n) is 5.14. The molecule has 11 heteroatoms. The smallest absolute Gasteiger partial charge is 0.475 e. The van der Waals surface area contributed by atoms with E-state index in [9.17, 15) is 31.5 Å². The SMILES string of the molecule is C[C@H](CC(=O)c1ccc(F)cc1)CN1CCC2(CC1)C(=O)NCC2c1ccc(F)cc1.O=C(O)C(F)(F)F. The van der Waals surface area contributed by atoms with Crippen LogP contribution in [0.5, 0.6) is 0 Å². The molecule has 1 spiro atoms. The Labute approximate surface area is 216 Å². The number of Topliss-reactive ketones (excluding diaryl/α,β-unsaturated/α-hetero) is 1. The van der Waals surface area contributed by atoms with E-state index in [1.54, 1.807) is 12.1 Å². The Bertz CT molecular complexity index is 1130. The molecule has 2 saturated heterocycles. The third kappa shape index (κ3) is 7.15. The van der Waals surface area contributed by atoms with Crippen LogP contribution in [0.2, 0.25) is 0 Å². The molecule has 4 rings (SSSR count). The first kappa shape index (κ1) is 29.2. The number of likely N-dealkylation sites (tertiary alicyclic amines) is 1. The summed E-state index contributed by atoms with van der Waals surface area (Å²) < 4.78 is 58.1. The maximum absolute atomic E-state index is 13.3. The van der Waals surface area contributed by atoms with Crippen molar-refractivity contribution in [3.63, 3.8) is 0 Å². The highest BCUT2D eigenvalue weighted by Gasteiger charge is 2.51. The number of hydrogen-bond acceptors (Lipinski definition) is 4. The number of carboxylic acids is 1. The Kier molecular flexibility index (Phi) is 9.24. The quantitative estimate of drug-likeness (QED) is 0.406. The minimum Gasteiger partial charge on any atom is -0.475 e. The molecule has 38 heavy (non-hydrogen) atoms. The maximum Gasteiger partial charge on any atom is 0.490 e. The molecule has 2 aliphatic heterocycles. The van der Waals surface area contributed by atoms with Crippen LogP contribution in [0, 0.1) is 23.0 Å². The van der Waals surface area contributed by atoms with Crippen molar-refractivity contribution in [3.05, 3.63) is 71.3 Å². The predicted molar refractivity (Wildman–Crippen MR) is 128 cm³/mol. The average molecular weight is 541 g/mol. The molecule has 2 aromatic carbocycles. The molecule has 206 valence electrons. The third-order valence-corrected chi connectivity index (χ3v) is 7.12. The van der Waals surface area contributed by atoms with E-state index in [0.29, 0.717) is 18.5 Å². The molecule has 1 unspecified atom stereocenters. The number of hydrogen-bond donors (Lipinski definition) is 2. The van der Waals surface area contributed by atoms with Crippen molar-refractivity contribution < 1.29 is 41.4 Å². The summed E-state index contributed by atoms with van der Waals surface area (Å²) in [5.41, 5.74) is 1.10. The Morgan fingerprint density at radius 2 is 1.53 bits per heavy atom. The van der Waals surface area contributed by atoms with Gasteiger partial charge in [-0.3, -0.25) is 9.59 Å². The number of piperidine rings is 1. The van der Waals surface area contributed by atoms with E-state index in [0.717, 1.165) is 38.0 Å². The minimum absolute atomic E-state index is 0.0209. The van der Waals surface area contributed by atoms with Crippen LogP contribution in [0.4, 0.5) is 22.0 Å². The molecule has 0 saturated carbocycles. The van der Waals surface area contributed by atoms with Gasteiger partial charge in [0.2, 0.25) is 5.91 Å². The number of carbonyl (C=O) groups is 3. The van der Waals surface area contributed by atoms with Gasteiger partial charge in [-0.15, -0.1) is 0 Å². The fraction of sp³-hybridized carbons (Fsp3) is 0.444. The van der Waals surface area contributed by atoms with Crippen LogP contribution in [0.1, 0.15) is 48.0 Å². The number of amides is 1. The molecular weight excluding hydrogens is 511 g/mol. The van der Waals surface area contributed by atoms with E-state index in [4.69, 9.17) is 9.90 Å². The number of halogens is 5. The van der Waals surface area contributed by atoms with Crippen molar-refractivity contribution >= 4 is 17.7 Å². The summed E-state index contributed by atoms with van der Waals surface area (Å²) in [7, 11) is 0. The van der Waals surface area contributed by atoms with Gasteiger partial charge in [0.05, 0.1) is 5.41 Å². The summed E-state index contributed by atoms with van der Waals surface area (Å²) in [5.74, 6) is -3.03. The zero-order valence-corrected chi connectivity index (χ0v) is 20.7. The number of carbonyl (C=O) groups excluding carboxylic acids is 2. The Morgan fingerprint density at radius 1 is 1.03 bits per heavy atom. The first-order valence-corrected chi connectivity index (χ1v) is 12.2. The van der Waals surface area contributed by atoms with Crippen LogP contribution < -0.4 is 5.32 Å². The summed E-state index contributed by atoms with van der Waals surface area (Å²) in [4.78, 5) is 36.5. The summed E-state index contributed by atoms with van der Waals surface area (Å²) in [6, 6.07) is 12.2. The van der Waals surface area contributed by atoms with Gasteiger partial charge in [-0.25, -0.2) is 13.6 Å². The van der Waals surface area contributed by atoms with E-state index < -0.39 is 17.6 Å². The highest BCUT2D eigenvalue weighted by molar-refractivity contribution is 5.96. The average Bonchev–Trinajstić information content (AvgIpc) is 3.16. The van der Waals surface area contributed by atoms with Crippen molar-refractivity contribution in [2.24, 2.45) is 11.3 Å². The van der Waals surface area contributed by atoms with Crippen LogP contribution in [0.25, 0.3) is 0 Å². The second-order valence-electron chi connectivity index (χ2n) is 9.81. The van der Waals surface area contributed by atoms with Gasteiger partial charge in [-0.05, 0) is 73.8 Å². The second-order valence-corrected chi connectivity index (χ2v) is 9.81. The normalized spacial score (nSPS) is 19.8. The molecule has 2 N–H and O–H groups in total. The first-order chi connectivity index (χ1) is 17.8. The highest BCUT2D eigenvalue weighted by atomic mass is 19.4. The van der Waals surface area contributed by atoms with Gasteiger partial charge in [0, 0.05) is 31.0 Å². The summed E-state index contributed by atoms with van der Waals surface area (Å²) in [6.07, 6.45) is -3.18. The number of rotatable bonds is 6. The second kappa shape index (κ2) is 12.0. The van der Waals surface area contributed by atoms with Crippen molar-refractivity contribution in [3.8, 4) is 0 Å². The van der Waals surface area contributed by atoms with E-state index in [-0.39, 0.29) is 35.2 Å². The highest BCUT2D eigenvalue weighted by Crippen LogP contribution is 2.47. The topological polar surface area (TPSA) is 86.7 Å². The number of alkyl halides is 3. The van der Waals surface area contributed by atoms with Gasteiger partial charge in [-0.2, -0.15) is 13.2 Å². The number of nitrogens with one attached hydrogen (secondary N) is 1. The third-order valence-electron chi connectivity index (χ3n) is 7.12. The molecule has 2 heterocycles. The van der Waals surface area contributed by atoms with Gasteiger partial charge < -0.3 is 15.3 Å². The monoisotopic (exact) mass is 540 g/mol. The van der Waals surface area contributed by atoms with Gasteiger partial charge >= 0.3 is 12.1 Å². The molecule has 2 atom stereocenters. The lowest BCUT2D eigenvalue weighted by Gasteiger charge is -2.41. The lowest BCUT2D eigenvalue weighted by Crippen LogP contribution is -2.47. The zero-order valence-electron chi connectivity index (χ0n) is 20.7. The molecule has 0 aromatic heterocycles. The number of aliphatic carboxylic acids is 1. The maximum atomic E-state index is 13.3. The largest absolute Gasteiger partial charge is 0.490 e. The molecule has 2 aliphatic rings. The number of nitrogens with zero attached hydrogens (tertiary/aromatic N) is 1. The fourth-order valence-corrected chi connectivity index (χ4v) is 5.14. The molecule has 1 amide bonds. The standard InChI is InChI=1S/C25H28F2N2O2.C2HF3O2/c1-17(14-23(30)19-4-8-21(27)9-5-19)16-29-12-10-25(11-13-29)22(15-28-24(25)31)18-2-6-20(26)7-3-18;3-2(4,5)1(6)7/h2-9,17,22H,10-16H2,1H3,(H,28,31);(H,6,7)/t17-,22?;/m1./s1. The van der Waals surface area contributed by atoms with E-state index in [1.807, 2.05) is 0 Å².